The summed E-state index contributed by atoms with van der Waals surface area (Å²) in [5, 5.41) is 0.0926. The fourth-order valence-corrected chi connectivity index (χ4v) is 1.70. The molecular weight excluding hydrogens is 254 g/mol. The lowest BCUT2D eigenvalue weighted by atomic mass is 10.2. The van der Waals surface area contributed by atoms with Crippen molar-refractivity contribution in [3.63, 3.8) is 0 Å². The van der Waals surface area contributed by atoms with Gasteiger partial charge in [0.05, 0.1) is 9.50 Å². The van der Waals surface area contributed by atoms with E-state index < -0.39 is 5.82 Å². The Morgan fingerprint density at radius 3 is 2.55 bits per heavy atom. The molecule has 1 aromatic carbocycles. The number of hydrogen-bond acceptors (Lipinski definition) is 0. The minimum atomic E-state index is -0.444. The maximum absolute atomic E-state index is 12.8. The molecule has 0 aliphatic carbocycles. The number of alkyl halides is 1. The summed E-state index contributed by atoms with van der Waals surface area (Å²) in [6.07, 6.45) is 0. The van der Waals surface area contributed by atoms with Crippen molar-refractivity contribution in [1.29, 1.82) is 0 Å². The molecule has 4 heteroatoms. The van der Waals surface area contributed by atoms with Crippen LogP contribution in [0, 0.1) is 5.82 Å². The van der Waals surface area contributed by atoms with E-state index in [2.05, 4.69) is 15.9 Å². The fourth-order valence-electron chi connectivity index (χ4n) is 0.685. The lowest BCUT2D eigenvalue weighted by Gasteiger charge is -2.00. The van der Waals surface area contributed by atoms with Gasteiger partial charge in [0.15, 0.2) is 5.82 Å². The summed E-state index contributed by atoms with van der Waals surface area (Å²) in [5.74, 6) is -0.112. The van der Waals surface area contributed by atoms with Gasteiger partial charge in [-0.15, -0.1) is 11.6 Å². The average molecular weight is 258 g/mol. The maximum Gasteiger partial charge on any atom is 0.155 e. The number of benzene rings is 1. The van der Waals surface area contributed by atoms with Gasteiger partial charge in [0.2, 0.25) is 0 Å². The van der Waals surface area contributed by atoms with Crippen molar-refractivity contribution in [3.8, 4) is 0 Å². The Morgan fingerprint density at radius 2 is 2.09 bits per heavy atom. The first-order valence-electron chi connectivity index (χ1n) is 2.84. The largest absolute Gasteiger partial charge is 0.204 e. The van der Waals surface area contributed by atoms with E-state index in [0.29, 0.717) is 10.4 Å². The van der Waals surface area contributed by atoms with Crippen LogP contribution in [0.25, 0.3) is 0 Å². The molecule has 0 heterocycles. The smallest absolute Gasteiger partial charge is 0.155 e. The molecule has 0 N–H and O–H groups in total. The topological polar surface area (TPSA) is 0 Å². The highest BCUT2D eigenvalue weighted by Crippen LogP contribution is 2.25. The molecule has 0 aliphatic heterocycles. The van der Waals surface area contributed by atoms with Gasteiger partial charge in [-0.1, -0.05) is 11.6 Å². The Kier molecular flexibility index (Phi) is 3.16. The summed E-state index contributed by atoms with van der Waals surface area (Å²) in [5.41, 5.74) is 0.796. The molecule has 1 rings (SSSR count). The Hall–Kier alpha value is 0.210. The molecule has 0 unspecified atom stereocenters. The van der Waals surface area contributed by atoms with Gasteiger partial charge in [-0.25, -0.2) is 4.39 Å². The highest BCUT2D eigenvalue weighted by Gasteiger charge is 2.05. The summed E-state index contributed by atoms with van der Waals surface area (Å²) in [6.45, 7) is 0. The van der Waals surface area contributed by atoms with E-state index in [0.717, 1.165) is 5.56 Å². The van der Waals surface area contributed by atoms with Gasteiger partial charge in [-0.05, 0) is 33.6 Å². The summed E-state index contributed by atoms with van der Waals surface area (Å²) in [7, 11) is 0. The van der Waals surface area contributed by atoms with Crippen LogP contribution in [0.1, 0.15) is 5.56 Å². The van der Waals surface area contributed by atoms with Crippen LogP contribution in [0.5, 0.6) is 0 Å². The predicted octanol–water partition coefficient (Wildman–Crippen LogP) is 3.98. The molecule has 0 amide bonds. The van der Waals surface area contributed by atoms with Crippen molar-refractivity contribution in [1.82, 2.24) is 0 Å². The molecule has 0 aromatic heterocycles. The average Bonchev–Trinajstić information content (AvgIpc) is 1.99. The molecule has 0 saturated carbocycles. The van der Waals surface area contributed by atoms with Gasteiger partial charge in [0.1, 0.15) is 0 Å². The Labute approximate surface area is 82.4 Å². The van der Waals surface area contributed by atoms with Gasteiger partial charge in [-0.3, -0.25) is 0 Å². The van der Waals surface area contributed by atoms with Crippen molar-refractivity contribution in [2.75, 3.05) is 0 Å². The Morgan fingerprint density at radius 1 is 1.45 bits per heavy atom. The van der Waals surface area contributed by atoms with E-state index in [-0.39, 0.29) is 5.02 Å². The van der Waals surface area contributed by atoms with E-state index in [1.165, 1.54) is 6.07 Å². The van der Waals surface area contributed by atoms with Crippen LogP contribution >= 0.6 is 39.1 Å². The Bertz CT molecular complexity index is 252. The van der Waals surface area contributed by atoms with Crippen molar-refractivity contribution < 1.29 is 4.39 Å². The number of hydrogen-bond donors (Lipinski definition) is 0. The van der Waals surface area contributed by atoms with Crippen LogP contribution in [0.4, 0.5) is 4.39 Å². The van der Waals surface area contributed by atoms with Gasteiger partial charge < -0.3 is 0 Å². The molecule has 0 radical (unpaired) electrons. The quantitative estimate of drug-likeness (QED) is 0.527. The van der Waals surface area contributed by atoms with Crippen LogP contribution in [-0.2, 0) is 5.88 Å². The minimum absolute atomic E-state index is 0.0926. The first-order chi connectivity index (χ1) is 5.15. The molecule has 11 heavy (non-hydrogen) atoms. The zero-order valence-electron chi connectivity index (χ0n) is 5.37. The molecule has 60 valence electrons. The zero-order chi connectivity index (χ0) is 8.43. The van der Waals surface area contributed by atoms with Crippen LogP contribution in [0.15, 0.2) is 16.6 Å². The van der Waals surface area contributed by atoms with E-state index in [9.17, 15) is 4.39 Å². The Balaban J connectivity index is 3.21. The van der Waals surface area contributed by atoms with Gasteiger partial charge >= 0.3 is 0 Å². The summed E-state index contributed by atoms with van der Waals surface area (Å²) < 4.78 is 13.2. The van der Waals surface area contributed by atoms with E-state index in [1.807, 2.05) is 0 Å². The molecule has 0 bridgehead atoms. The molecule has 0 aliphatic rings. The van der Waals surface area contributed by atoms with E-state index >= 15 is 0 Å². The maximum atomic E-state index is 12.8. The van der Waals surface area contributed by atoms with Crippen molar-refractivity contribution >= 4 is 39.1 Å². The van der Waals surface area contributed by atoms with Crippen molar-refractivity contribution in [2.45, 2.75) is 5.88 Å². The monoisotopic (exact) mass is 256 g/mol. The lowest BCUT2D eigenvalue weighted by molar-refractivity contribution is 0.621. The second kappa shape index (κ2) is 3.74. The van der Waals surface area contributed by atoms with Crippen LogP contribution in [0.3, 0.4) is 0 Å². The summed E-state index contributed by atoms with van der Waals surface area (Å²) in [6, 6.07) is 3.11. The molecule has 0 saturated heterocycles. The second-order valence-corrected chi connectivity index (χ2v) is 3.54. The molecule has 0 fully saturated rings. The lowest BCUT2D eigenvalue weighted by Crippen LogP contribution is -1.84. The fraction of sp³-hybridized carbons (Fsp3) is 0.143. The summed E-state index contributed by atoms with van der Waals surface area (Å²) in [4.78, 5) is 0. The van der Waals surface area contributed by atoms with Crippen LogP contribution in [-0.4, -0.2) is 0 Å². The highest BCUT2D eigenvalue weighted by molar-refractivity contribution is 9.10. The molecule has 0 nitrogen and oxygen atoms in total. The second-order valence-electron chi connectivity index (χ2n) is 2.01. The summed E-state index contributed by atoms with van der Waals surface area (Å²) >= 11 is 14.1. The molecular formula is C7H4BrCl2F. The van der Waals surface area contributed by atoms with Gasteiger partial charge in [0, 0.05) is 5.88 Å². The zero-order valence-corrected chi connectivity index (χ0v) is 8.47. The molecule has 0 spiro atoms. The third-order valence-electron chi connectivity index (χ3n) is 1.20. The van der Waals surface area contributed by atoms with Gasteiger partial charge in [0.25, 0.3) is 0 Å². The predicted molar refractivity (Wildman–Crippen MR) is 48.7 cm³/mol. The minimum Gasteiger partial charge on any atom is -0.204 e. The highest BCUT2D eigenvalue weighted by atomic mass is 79.9. The number of rotatable bonds is 1. The van der Waals surface area contributed by atoms with Crippen LogP contribution < -0.4 is 0 Å². The molecule has 1 aromatic rings. The first-order valence-corrected chi connectivity index (χ1v) is 4.55. The third kappa shape index (κ3) is 2.08. The first kappa shape index (κ1) is 9.30. The van der Waals surface area contributed by atoms with E-state index in [1.54, 1.807) is 6.07 Å². The van der Waals surface area contributed by atoms with Crippen molar-refractivity contribution in [2.24, 2.45) is 0 Å². The van der Waals surface area contributed by atoms with Crippen LogP contribution in [0.2, 0.25) is 5.02 Å². The third-order valence-corrected chi connectivity index (χ3v) is 2.36. The standard InChI is InChI=1S/C7H4BrCl2F/c8-5-1-4(3-9)2-6(10)7(5)11/h1-2H,3H2. The SMILES string of the molecule is Fc1c(Cl)cc(CCl)cc1Br. The van der Waals surface area contributed by atoms with E-state index in [4.69, 9.17) is 23.2 Å². The normalized spacial score (nSPS) is 10.2. The van der Waals surface area contributed by atoms with Crippen molar-refractivity contribution in [3.05, 3.63) is 33.0 Å². The van der Waals surface area contributed by atoms with Gasteiger partial charge in [-0.2, -0.15) is 0 Å². The molecule has 0 atom stereocenters. The number of halogens is 4.